The minimum atomic E-state index is -3.25. The van der Waals surface area contributed by atoms with Gasteiger partial charge in [0, 0.05) is 17.1 Å². The van der Waals surface area contributed by atoms with Gasteiger partial charge < -0.3 is 0 Å². The van der Waals surface area contributed by atoms with Gasteiger partial charge in [0.2, 0.25) is 0 Å². The van der Waals surface area contributed by atoms with E-state index in [1.807, 2.05) is 59.8 Å². The molecule has 0 saturated carbocycles. The molecule has 138 valence electrons. The Balaban J connectivity index is 5.15. The summed E-state index contributed by atoms with van der Waals surface area (Å²) in [5.41, 5.74) is 13.1. The minimum Gasteiger partial charge on any atom is -0.278 e. The summed E-state index contributed by atoms with van der Waals surface area (Å²) >= 11 is 0. The molecule has 0 bridgehead atoms. The van der Waals surface area contributed by atoms with Crippen LogP contribution in [0.15, 0.2) is 47.6 Å². The van der Waals surface area contributed by atoms with E-state index >= 15 is 0 Å². The Kier molecular flexibility index (Phi) is 12.0. The zero-order valence-corrected chi connectivity index (χ0v) is 16.9. The lowest BCUT2D eigenvalue weighted by Crippen LogP contribution is -2.53. The molecular formula is C17H33N3O3Si. The predicted molar refractivity (Wildman–Crippen MR) is 101 cm³/mol. The third-order valence-electron chi connectivity index (χ3n) is 3.41. The molecule has 6 nitrogen and oxygen atoms in total. The minimum absolute atomic E-state index is 0.809. The van der Waals surface area contributed by atoms with E-state index in [9.17, 15) is 0 Å². The molecule has 0 fully saturated rings. The lowest BCUT2D eigenvalue weighted by atomic mass is 10.3. The number of allylic oxidation sites excluding steroid dienone is 6. The monoisotopic (exact) mass is 355 g/mol. The Labute approximate surface area is 147 Å². The first-order valence-corrected chi connectivity index (χ1v) is 10.3. The van der Waals surface area contributed by atoms with Crippen molar-refractivity contribution in [2.45, 2.75) is 60.8 Å². The Morgan fingerprint density at radius 2 is 1.04 bits per heavy atom. The lowest BCUT2D eigenvalue weighted by molar-refractivity contribution is -0.00752. The van der Waals surface area contributed by atoms with Crippen LogP contribution in [0.1, 0.15) is 60.8 Å². The average Bonchev–Trinajstić information content (AvgIpc) is 2.63. The van der Waals surface area contributed by atoms with E-state index in [-0.39, 0.29) is 0 Å². The van der Waals surface area contributed by atoms with Gasteiger partial charge in [-0.25, -0.2) is 0 Å². The van der Waals surface area contributed by atoms with E-state index in [0.717, 1.165) is 36.4 Å². The molecule has 24 heavy (non-hydrogen) atoms. The fourth-order valence-electron chi connectivity index (χ4n) is 1.60. The van der Waals surface area contributed by atoms with Crippen LogP contribution in [0.25, 0.3) is 0 Å². The molecule has 0 aromatic carbocycles. The first-order valence-electron chi connectivity index (χ1n) is 8.45. The third-order valence-corrected chi connectivity index (χ3v) is 5.07. The van der Waals surface area contributed by atoms with Crippen LogP contribution in [-0.2, 0) is 13.6 Å². The maximum atomic E-state index is 5.78. The van der Waals surface area contributed by atoms with Crippen LogP contribution in [0.5, 0.6) is 0 Å². The van der Waals surface area contributed by atoms with Crippen molar-refractivity contribution in [2.75, 3.05) is 0 Å². The molecule has 0 rings (SSSR count). The van der Waals surface area contributed by atoms with Crippen LogP contribution in [0.3, 0.4) is 0 Å². The molecule has 0 saturated heterocycles. The zero-order chi connectivity index (χ0) is 18.4. The van der Waals surface area contributed by atoms with Gasteiger partial charge in [-0.3, -0.25) is 30.0 Å². The van der Waals surface area contributed by atoms with Gasteiger partial charge in [0.15, 0.2) is 0 Å². The van der Waals surface area contributed by atoms with Crippen LogP contribution in [0.4, 0.5) is 0 Å². The molecule has 0 aliphatic rings. The van der Waals surface area contributed by atoms with Crippen molar-refractivity contribution in [3.63, 3.8) is 0 Å². The number of hydrogen-bond donors (Lipinski definition) is 3. The molecule has 0 spiro atoms. The molecule has 0 atom stereocenters. The standard InChI is InChI=1S/C17H33N3O3Si/c1-8-15(9-2)18-21-24(14-7,22-19-16(10-3)11-4)23-20-17(12-5)13-6/h8,10,12,14,18-20H,7,9,11,13H2,1-6H3. The highest BCUT2D eigenvalue weighted by Gasteiger charge is 2.42. The van der Waals surface area contributed by atoms with Crippen molar-refractivity contribution in [1.82, 2.24) is 16.4 Å². The quantitative estimate of drug-likeness (QED) is 0.341. The van der Waals surface area contributed by atoms with Gasteiger partial charge in [0.05, 0.1) is 0 Å². The highest BCUT2D eigenvalue weighted by molar-refractivity contribution is 6.65. The maximum absolute atomic E-state index is 5.78. The normalized spacial score (nSPS) is 15.7. The average molecular weight is 356 g/mol. The van der Waals surface area contributed by atoms with Crippen LogP contribution in [-0.4, -0.2) is 8.80 Å². The summed E-state index contributed by atoms with van der Waals surface area (Å²) in [5.74, 6) is 0. The van der Waals surface area contributed by atoms with Gasteiger partial charge in [-0.1, -0.05) is 45.6 Å². The zero-order valence-electron chi connectivity index (χ0n) is 15.9. The van der Waals surface area contributed by atoms with Gasteiger partial charge in [-0.05, 0) is 45.7 Å². The van der Waals surface area contributed by atoms with Gasteiger partial charge >= 0.3 is 8.80 Å². The summed E-state index contributed by atoms with van der Waals surface area (Å²) in [6.45, 7) is 15.7. The van der Waals surface area contributed by atoms with Crippen molar-refractivity contribution < 1.29 is 13.6 Å². The van der Waals surface area contributed by atoms with E-state index in [2.05, 4.69) is 23.0 Å². The van der Waals surface area contributed by atoms with Crippen LogP contribution < -0.4 is 16.4 Å². The predicted octanol–water partition coefficient (Wildman–Crippen LogP) is 4.16. The highest BCUT2D eigenvalue weighted by Crippen LogP contribution is 2.12. The van der Waals surface area contributed by atoms with Crippen molar-refractivity contribution >= 4 is 8.80 Å². The van der Waals surface area contributed by atoms with Crippen LogP contribution >= 0.6 is 0 Å². The van der Waals surface area contributed by atoms with Crippen LogP contribution in [0, 0.1) is 0 Å². The first-order chi connectivity index (χ1) is 11.5. The van der Waals surface area contributed by atoms with Gasteiger partial charge in [-0.15, -0.1) is 0 Å². The Morgan fingerprint density at radius 1 is 0.750 bits per heavy atom. The molecule has 3 N–H and O–H groups in total. The van der Waals surface area contributed by atoms with Crippen molar-refractivity contribution in [1.29, 1.82) is 0 Å². The molecular weight excluding hydrogens is 322 g/mol. The van der Waals surface area contributed by atoms with E-state index in [1.165, 1.54) is 0 Å². The molecule has 0 aromatic heterocycles. The smallest absolute Gasteiger partial charge is 0.278 e. The second kappa shape index (κ2) is 12.8. The summed E-state index contributed by atoms with van der Waals surface area (Å²) in [5, 5.41) is 0. The maximum Gasteiger partial charge on any atom is 0.594 e. The Morgan fingerprint density at radius 3 is 1.21 bits per heavy atom. The molecule has 0 heterocycles. The largest absolute Gasteiger partial charge is 0.594 e. The number of hydroxylamine groups is 3. The van der Waals surface area contributed by atoms with Gasteiger partial charge in [0.25, 0.3) is 0 Å². The molecule has 7 heteroatoms. The van der Waals surface area contributed by atoms with E-state index in [0.29, 0.717) is 0 Å². The van der Waals surface area contributed by atoms with Crippen molar-refractivity contribution in [3.05, 3.63) is 47.6 Å². The second-order valence-corrected chi connectivity index (χ2v) is 7.15. The van der Waals surface area contributed by atoms with E-state index < -0.39 is 8.80 Å². The summed E-state index contributed by atoms with van der Waals surface area (Å²) in [6, 6.07) is 0. The molecule has 0 aromatic rings. The highest BCUT2D eigenvalue weighted by atomic mass is 28.4. The summed E-state index contributed by atoms with van der Waals surface area (Å²) in [4.78, 5) is 0. The topological polar surface area (TPSA) is 63.8 Å². The molecule has 0 radical (unpaired) electrons. The number of nitrogens with one attached hydrogen (secondary N) is 3. The molecule has 0 amide bonds. The van der Waals surface area contributed by atoms with Crippen LogP contribution in [0.2, 0.25) is 0 Å². The van der Waals surface area contributed by atoms with Crippen molar-refractivity contribution in [2.24, 2.45) is 0 Å². The SMILES string of the molecule is C=C[Si](ONC(=CC)CC)(ONC(=CC)CC)ONC(=CC)CC. The molecule has 0 unspecified atom stereocenters. The summed E-state index contributed by atoms with van der Waals surface area (Å²) < 4.78 is 17.3. The summed E-state index contributed by atoms with van der Waals surface area (Å²) in [6.07, 6.45) is 8.25. The van der Waals surface area contributed by atoms with Gasteiger partial charge in [-0.2, -0.15) is 0 Å². The lowest BCUT2D eigenvalue weighted by Gasteiger charge is -2.27. The first kappa shape index (κ1) is 22.5. The fraction of sp³-hybridized carbons (Fsp3) is 0.529. The van der Waals surface area contributed by atoms with Gasteiger partial charge in [0.1, 0.15) is 0 Å². The van der Waals surface area contributed by atoms with E-state index in [1.54, 1.807) is 5.70 Å². The fourth-order valence-corrected chi connectivity index (χ4v) is 2.80. The Bertz CT molecular complexity index is 402. The van der Waals surface area contributed by atoms with Crippen molar-refractivity contribution in [3.8, 4) is 0 Å². The van der Waals surface area contributed by atoms with E-state index in [4.69, 9.17) is 13.6 Å². The number of hydrogen-bond acceptors (Lipinski definition) is 6. The second-order valence-electron chi connectivity index (χ2n) is 4.92. The third kappa shape index (κ3) is 7.83. The Hall–Kier alpha value is -1.54. The molecule has 0 aliphatic carbocycles. The molecule has 0 aliphatic heterocycles. The number of rotatable bonds is 13. The summed E-state index contributed by atoms with van der Waals surface area (Å²) in [7, 11) is -3.25.